The largest absolute Gasteiger partial charge is 0.487 e. The zero-order valence-electron chi connectivity index (χ0n) is 23.1. The maximum Gasteiger partial charge on any atom is 0.303 e. The van der Waals surface area contributed by atoms with Crippen molar-refractivity contribution in [2.75, 3.05) is 0 Å². The summed E-state index contributed by atoms with van der Waals surface area (Å²) in [6.45, 7) is 2.37. The molecule has 212 valence electrons. The van der Waals surface area contributed by atoms with Gasteiger partial charge in [-0.15, -0.1) is 0 Å². The molecule has 0 saturated heterocycles. The van der Waals surface area contributed by atoms with Crippen molar-refractivity contribution in [1.82, 2.24) is 4.98 Å². The van der Waals surface area contributed by atoms with Crippen LogP contribution in [0.4, 0.5) is 0 Å². The number of hydrogen-bond donors (Lipinski definition) is 1. The molecule has 0 radical (unpaired) electrons. The molecule has 0 amide bonds. The molecule has 8 heteroatoms. The third kappa shape index (κ3) is 7.85. The van der Waals surface area contributed by atoms with Crippen LogP contribution in [0.5, 0.6) is 17.2 Å². The Kier molecular flexibility index (Phi) is 9.26. The molecule has 0 fully saturated rings. The highest BCUT2D eigenvalue weighted by atomic mass is 16.6. The molecule has 0 aliphatic rings. The van der Waals surface area contributed by atoms with E-state index in [4.69, 9.17) is 18.7 Å². The van der Waals surface area contributed by atoms with Crippen LogP contribution in [-0.2, 0) is 22.8 Å². The van der Waals surface area contributed by atoms with E-state index < -0.39 is 5.97 Å². The van der Waals surface area contributed by atoms with Gasteiger partial charge in [-0.25, -0.2) is 4.98 Å². The van der Waals surface area contributed by atoms with Crippen molar-refractivity contribution >= 4 is 11.7 Å². The molecule has 1 N–H and O–H groups in total. The molecule has 1 aromatic heterocycles. The summed E-state index contributed by atoms with van der Waals surface area (Å²) in [6.07, 6.45) is 0.169. The average molecular weight is 563 g/mol. The molecule has 5 aromatic rings. The van der Waals surface area contributed by atoms with Gasteiger partial charge in [0, 0.05) is 12.0 Å². The lowest BCUT2D eigenvalue weighted by Crippen LogP contribution is -2.06. The maximum absolute atomic E-state index is 11.2. The van der Waals surface area contributed by atoms with Crippen molar-refractivity contribution in [3.8, 4) is 28.7 Å². The van der Waals surface area contributed by atoms with Crippen molar-refractivity contribution in [2.24, 2.45) is 5.16 Å². The van der Waals surface area contributed by atoms with Gasteiger partial charge in [0.25, 0.3) is 0 Å². The minimum atomic E-state index is -0.903. The van der Waals surface area contributed by atoms with Gasteiger partial charge in [0.15, 0.2) is 0 Å². The zero-order valence-corrected chi connectivity index (χ0v) is 23.1. The maximum atomic E-state index is 11.2. The Labute approximate surface area is 243 Å². The van der Waals surface area contributed by atoms with E-state index in [2.05, 4.69) is 10.1 Å². The number of aryl methyl sites for hydroxylation is 1. The third-order valence-corrected chi connectivity index (χ3v) is 6.36. The Balaban J connectivity index is 1.17. The first kappa shape index (κ1) is 28.2. The van der Waals surface area contributed by atoms with E-state index >= 15 is 0 Å². The number of oxazole rings is 1. The molecule has 0 atom stereocenters. The Morgan fingerprint density at radius 2 is 1.43 bits per heavy atom. The first-order chi connectivity index (χ1) is 20.5. The van der Waals surface area contributed by atoms with Crippen LogP contribution in [-0.4, -0.2) is 21.8 Å². The Morgan fingerprint density at radius 1 is 0.786 bits per heavy atom. The van der Waals surface area contributed by atoms with Gasteiger partial charge in [-0.1, -0.05) is 53.7 Å². The van der Waals surface area contributed by atoms with Gasteiger partial charge in [-0.2, -0.15) is 0 Å². The van der Waals surface area contributed by atoms with E-state index in [0.29, 0.717) is 28.9 Å². The summed E-state index contributed by atoms with van der Waals surface area (Å²) in [4.78, 5) is 21.4. The molecule has 5 rings (SSSR count). The number of para-hydroxylation sites is 1. The number of nitrogens with zero attached hydrogens (tertiary/aromatic N) is 2. The van der Waals surface area contributed by atoms with Crippen LogP contribution in [0, 0.1) is 6.92 Å². The molecular weight excluding hydrogens is 532 g/mol. The molecule has 8 nitrogen and oxygen atoms in total. The monoisotopic (exact) mass is 562 g/mol. The highest BCUT2D eigenvalue weighted by molar-refractivity contribution is 6.01. The number of oxime groups is 1. The fourth-order valence-electron chi connectivity index (χ4n) is 4.09. The van der Waals surface area contributed by atoms with Crippen LogP contribution in [0.3, 0.4) is 0 Å². The zero-order chi connectivity index (χ0) is 29.1. The van der Waals surface area contributed by atoms with Gasteiger partial charge in [0.1, 0.15) is 41.9 Å². The number of carboxylic acid groups (broad SMARTS) is 1. The average Bonchev–Trinajstić information content (AvgIpc) is 3.40. The summed E-state index contributed by atoms with van der Waals surface area (Å²) in [7, 11) is 0. The minimum Gasteiger partial charge on any atom is -0.487 e. The number of hydrogen-bond acceptors (Lipinski definition) is 7. The second-order valence-electron chi connectivity index (χ2n) is 9.47. The molecule has 42 heavy (non-hydrogen) atoms. The summed E-state index contributed by atoms with van der Waals surface area (Å²) in [6, 6.07) is 34.0. The van der Waals surface area contributed by atoms with Crippen LogP contribution < -0.4 is 9.47 Å². The molecule has 0 bridgehead atoms. The van der Waals surface area contributed by atoms with Gasteiger partial charge in [-0.05, 0) is 78.7 Å². The van der Waals surface area contributed by atoms with Gasteiger partial charge in [0.05, 0.1) is 12.1 Å². The number of rotatable bonds is 13. The highest BCUT2D eigenvalue weighted by Gasteiger charge is 2.12. The van der Waals surface area contributed by atoms with Gasteiger partial charge >= 0.3 is 5.97 Å². The summed E-state index contributed by atoms with van der Waals surface area (Å²) < 4.78 is 17.6. The van der Waals surface area contributed by atoms with E-state index in [9.17, 15) is 9.90 Å². The Morgan fingerprint density at radius 3 is 2.12 bits per heavy atom. The molecule has 1 heterocycles. The lowest BCUT2D eigenvalue weighted by atomic mass is 10.1. The summed E-state index contributed by atoms with van der Waals surface area (Å²) >= 11 is 0. The van der Waals surface area contributed by atoms with Crippen molar-refractivity contribution in [3.63, 3.8) is 0 Å². The van der Waals surface area contributed by atoms with E-state index in [0.717, 1.165) is 28.1 Å². The molecule has 4 aromatic carbocycles. The minimum absolute atomic E-state index is 0.0612. The molecule has 0 saturated carbocycles. The lowest BCUT2D eigenvalue weighted by molar-refractivity contribution is -0.136. The standard InChI is InChI=1S/C34H30N2O6/c1-24-32(35-34(41-24)27-8-4-2-5-9-27)23-39-28-16-12-25(13-17-28)22-40-36-31(20-21-33(37)38)26-14-18-30(19-15-26)42-29-10-6-3-7-11-29/h2-19H,20-23H2,1H3,(H,37,38). The molecule has 0 spiro atoms. The van der Waals surface area contributed by atoms with E-state index in [1.54, 1.807) is 0 Å². The highest BCUT2D eigenvalue weighted by Crippen LogP contribution is 2.24. The van der Waals surface area contributed by atoms with Crippen LogP contribution in [0.2, 0.25) is 0 Å². The topological polar surface area (TPSA) is 103 Å². The molecule has 0 aliphatic heterocycles. The second-order valence-corrected chi connectivity index (χ2v) is 9.47. The first-order valence-electron chi connectivity index (χ1n) is 13.5. The van der Waals surface area contributed by atoms with Gasteiger partial charge < -0.3 is 23.8 Å². The summed E-state index contributed by atoms with van der Waals surface area (Å²) in [5.41, 5.74) is 3.85. The van der Waals surface area contributed by atoms with Crippen LogP contribution in [0.15, 0.2) is 119 Å². The number of carboxylic acids is 1. The van der Waals surface area contributed by atoms with Crippen LogP contribution in [0.25, 0.3) is 11.5 Å². The smallest absolute Gasteiger partial charge is 0.303 e. The van der Waals surface area contributed by atoms with Crippen molar-refractivity contribution in [3.05, 3.63) is 132 Å². The quantitative estimate of drug-likeness (QED) is 0.115. The fraction of sp³-hybridized carbons (Fsp3) is 0.147. The Bertz CT molecular complexity index is 1610. The second kappa shape index (κ2) is 13.8. The SMILES string of the molecule is Cc1oc(-c2ccccc2)nc1COc1ccc(CON=C(CCC(=O)O)c2ccc(Oc3ccccc3)cc2)cc1. The van der Waals surface area contributed by atoms with Crippen molar-refractivity contribution < 1.29 is 28.6 Å². The van der Waals surface area contributed by atoms with E-state index in [1.807, 2.05) is 116 Å². The predicted octanol–water partition coefficient (Wildman–Crippen LogP) is 7.81. The van der Waals surface area contributed by atoms with Gasteiger partial charge in [0.2, 0.25) is 5.89 Å². The number of aliphatic carboxylic acids is 1. The number of ether oxygens (including phenoxy) is 2. The van der Waals surface area contributed by atoms with Gasteiger partial charge in [-0.3, -0.25) is 4.79 Å². The molecular formula is C34H30N2O6. The number of benzene rings is 4. The normalized spacial score (nSPS) is 11.2. The van der Waals surface area contributed by atoms with Crippen molar-refractivity contribution in [2.45, 2.75) is 33.0 Å². The van der Waals surface area contributed by atoms with E-state index in [-0.39, 0.29) is 26.1 Å². The van der Waals surface area contributed by atoms with E-state index in [1.165, 1.54) is 0 Å². The lowest BCUT2D eigenvalue weighted by Gasteiger charge is -2.09. The summed E-state index contributed by atoms with van der Waals surface area (Å²) in [5.74, 6) is 2.47. The first-order valence-corrected chi connectivity index (χ1v) is 13.5. The van der Waals surface area contributed by atoms with Crippen LogP contribution in [0.1, 0.15) is 35.4 Å². The molecule has 0 aliphatic carbocycles. The Hall–Kier alpha value is -5.37. The van der Waals surface area contributed by atoms with Crippen LogP contribution >= 0.6 is 0 Å². The molecule has 0 unspecified atom stereocenters. The van der Waals surface area contributed by atoms with Crippen molar-refractivity contribution in [1.29, 1.82) is 0 Å². The predicted molar refractivity (Wildman–Crippen MR) is 159 cm³/mol. The summed E-state index contributed by atoms with van der Waals surface area (Å²) in [5, 5.41) is 13.5. The number of aromatic nitrogens is 1. The third-order valence-electron chi connectivity index (χ3n) is 6.36. The number of carbonyl (C=O) groups is 1. The fourth-order valence-corrected chi connectivity index (χ4v) is 4.09.